The molecule has 5 heteroatoms. The van der Waals surface area contributed by atoms with E-state index in [-0.39, 0.29) is 24.3 Å². The summed E-state index contributed by atoms with van der Waals surface area (Å²) in [5.41, 5.74) is 1.37. The molecule has 0 aliphatic carbocycles. The summed E-state index contributed by atoms with van der Waals surface area (Å²) in [6.45, 7) is 3.65. The third kappa shape index (κ3) is 5.28. The first-order valence-electron chi connectivity index (χ1n) is 8.71. The van der Waals surface area contributed by atoms with Crippen molar-refractivity contribution in [2.45, 2.75) is 32.7 Å². The maximum absolute atomic E-state index is 12.3. The number of hydrogen-bond acceptors (Lipinski definition) is 4. The fourth-order valence-electron chi connectivity index (χ4n) is 2.49. The number of rotatable bonds is 8. The van der Waals surface area contributed by atoms with E-state index in [0.717, 1.165) is 12.8 Å². The van der Waals surface area contributed by atoms with Crippen LogP contribution in [0, 0.1) is 0 Å². The Morgan fingerprint density at radius 1 is 0.846 bits per heavy atom. The Morgan fingerprint density at radius 3 is 1.96 bits per heavy atom. The standard InChI is InChI=1S/C21H23NO4/c1-3-18(4-2)22-19(23)14-26-21(25)17-12-10-16(11-13-17)20(24)15-8-6-5-7-9-15/h5-13,18H,3-4,14H2,1-2H3,(H,22,23). The van der Waals surface area contributed by atoms with Crippen molar-refractivity contribution < 1.29 is 19.1 Å². The summed E-state index contributed by atoms with van der Waals surface area (Å²) in [4.78, 5) is 36.1. The third-order valence-electron chi connectivity index (χ3n) is 4.10. The highest BCUT2D eigenvalue weighted by molar-refractivity contribution is 6.09. The molecule has 0 bridgehead atoms. The lowest BCUT2D eigenvalue weighted by Gasteiger charge is -2.14. The molecular formula is C21H23NO4. The quantitative estimate of drug-likeness (QED) is 0.583. The largest absolute Gasteiger partial charge is 0.452 e. The molecule has 0 spiro atoms. The van der Waals surface area contributed by atoms with Crippen LogP contribution in [-0.2, 0) is 9.53 Å². The average Bonchev–Trinajstić information content (AvgIpc) is 2.70. The van der Waals surface area contributed by atoms with Crippen molar-refractivity contribution >= 4 is 17.7 Å². The molecule has 5 nitrogen and oxygen atoms in total. The highest BCUT2D eigenvalue weighted by Crippen LogP contribution is 2.12. The van der Waals surface area contributed by atoms with Gasteiger partial charge in [-0.2, -0.15) is 0 Å². The van der Waals surface area contributed by atoms with Gasteiger partial charge < -0.3 is 10.1 Å². The lowest BCUT2D eigenvalue weighted by Crippen LogP contribution is -2.36. The predicted molar refractivity (Wildman–Crippen MR) is 99.1 cm³/mol. The summed E-state index contributed by atoms with van der Waals surface area (Å²) in [6, 6.07) is 15.2. The summed E-state index contributed by atoms with van der Waals surface area (Å²) in [6.07, 6.45) is 1.65. The van der Waals surface area contributed by atoms with E-state index < -0.39 is 5.97 Å². The Labute approximate surface area is 153 Å². The van der Waals surface area contributed by atoms with Crippen LogP contribution in [0.4, 0.5) is 0 Å². The van der Waals surface area contributed by atoms with Crippen molar-refractivity contribution in [3.8, 4) is 0 Å². The van der Waals surface area contributed by atoms with Gasteiger partial charge in [0.1, 0.15) is 0 Å². The summed E-state index contributed by atoms with van der Waals surface area (Å²) in [5.74, 6) is -1.03. The minimum atomic E-state index is -0.594. The van der Waals surface area contributed by atoms with Crippen molar-refractivity contribution in [3.05, 3.63) is 71.3 Å². The summed E-state index contributed by atoms with van der Waals surface area (Å²) in [7, 11) is 0. The highest BCUT2D eigenvalue weighted by Gasteiger charge is 2.14. The van der Waals surface area contributed by atoms with Gasteiger partial charge in [0.15, 0.2) is 12.4 Å². The van der Waals surface area contributed by atoms with Crippen molar-refractivity contribution in [1.29, 1.82) is 0 Å². The molecule has 26 heavy (non-hydrogen) atoms. The van der Waals surface area contributed by atoms with E-state index in [0.29, 0.717) is 16.7 Å². The fraction of sp³-hybridized carbons (Fsp3) is 0.286. The molecule has 2 rings (SSSR count). The van der Waals surface area contributed by atoms with E-state index in [4.69, 9.17) is 4.74 Å². The predicted octanol–water partition coefficient (Wildman–Crippen LogP) is 3.38. The average molecular weight is 353 g/mol. The van der Waals surface area contributed by atoms with Crippen LogP contribution in [0.25, 0.3) is 0 Å². The van der Waals surface area contributed by atoms with Gasteiger partial charge in [-0.05, 0) is 25.0 Å². The number of benzene rings is 2. The maximum Gasteiger partial charge on any atom is 0.338 e. The molecule has 2 aromatic carbocycles. The van der Waals surface area contributed by atoms with Gasteiger partial charge in [0.2, 0.25) is 0 Å². The molecule has 1 amide bonds. The Kier molecular flexibility index (Phi) is 7.09. The van der Waals surface area contributed by atoms with Gasteiger partial charge in [-0.1, -0.05) is 56.3 Å². The van der Waals surface area contributed by atoms with Crippen LogP contribution in [0.5, 0.6) is 0 Å². The van der Waals surface area contributed by atoms with Gasteiger partial charge in [-0.25, -0.2) is 4.79 Å². The smallest absolute Gasteiger partial charge is 0.338 e. The minimum Gasteiger partial charge on any atom is -0.452 e. The Bertz CT molecular complexity index is 749. The van der Waals surface area contributed by atoms with Crippen LogP contribution in [0.3, 0.4) is 0 Å². The lowest BCUT2D eigenvalue weighted by atomic mass is 10.0. The number of carbonyl (C=O) groups excluding carboxylic acids is 3. The van der Waals surface area contributed by atoms with Gasteiger partial charge in [0.05, 0.1) is 5.56 Å². The van der Waals surface area contributed by atoms with E-state index in [1.807, 2.05) is 19.9 Å². The number of nitrogens with one attached hydrogen (secondary N) is 1. The molecule has 0 aliphatic rings. The Morgan fingerprint density at radius 2 is 1.38 bits per heavy atom. The SMILES string of the molecule is CCC(CC)NC(=O)COC(=O)c1ccc(C(=O)c2ccccc2)cc1. The van der Waals surface area contributed by atoms with Crippen LogP contribution in [0.1, 0.15) is 53.0 Å². The van der Waals surface area contributed by atoms with Crippen molar-refractivity contribution in [1.82, 2.24) is 5.32 Å². The second-order valence-electron chi connectivity index (χ2n) is 5.93. The number of esters is 1. The summed E-state index contributed by atoms with van der Waals surface area (Å²) >= 11 is 0. The molecule has 0 atom stereocenters. The van der Waals surface area contributed by atoms with Gasteiger partial charge in [-0.3, -0.25) is 9.59 Å². The zero-order chi connectivity index (χ0) is 18.9. The molecule has 0 saturated heterocycles. The monoisotopic (exact) mass is 353 g/mol. The van der Waals surface area contributed by atoms with Crippen molar-refractivity contribution in [2.75, 3.05) is 6.61 Å². The molecule has 2 aromatic rings. The lowest BCUT2D eigenvalue weighted by molar-refractivity contribution is -0.125. The van der Waals surface area contributed by atoms with Crippen LogP contribution in [0.15, 0.2) is 54.6 Å². The van der Waals surface area contributed by atoms with Crippen molar-refractivity contribution in [3.63, 3.8) is 0 Å². The maximum atomic E-state index is 12.3. The first kappa shape index (κ1) is 19.4. The molecule has 136 valence electrons. The molecule has 0 saturated carbocycles. The fourth-order valence-corrected chi connectivity index (χ4v) is 2.49. The molecule has 0 unspecified atom stereocenters. The summed E-state index contributed by atoms with van der Waals surface area (Å²) in [5, 5.41) is 2.80. The van der Waals surface area contributed by atoms with Crippen LogP contribution in [-0.4, -0.2) is 30.3 Å². The van der Waals surface area contributed by atoms with Gasteiger partial charge >= 0.3 is 5.97 Å². The second kappa shape index (κ2) is 9.51. The number of ether oxygens (including phenoxy) is 1. The van der Waals surface area contributed by atoms with E-state index in [1.54, 1.807) is 36.4 Å². The first-order valence-corrected chi connectivity index (χ1v) is 8.71. The third-order valence-corrected chi connectivity index (χ3v) is 4.10. The van der Waals surface area contributed by atoms with Crippen LogP contribution < -0.4 is 5.32 Å². The molecule has 1 N–H and O–H groups in total. The van der Waals surface area contributed by atoms with Gasteiger partial charge in [0.25, 0.3) is 5.91 Å². The molecular weight excluding hydrogens is 330 g/mol. The number of carbonyl (C=O) groups is 3. The van der Waals surface area contributed by atoms with E-state index in [9.17, 15) is 14.4 Å². The van der Waals surface area contributed by atoms with Crippen LogP contribution >= 0.6 is 0 Å². The summed E-state index contributed by atoms with van der Waals surface area (Å²) < 4.78 is 5.03. The Hall–Kier alpha value is -2.95. The molecule has 0 radical (unpaired) electrons. The Balaban J connectivity index is 1.92. The molecule has 0 aliphatic heterocycles. The van der Waals surface area contributed by atoms with Crippen molar-refractivity contribution in [2.24, 2.45) is 0 Å². The number of hydrogen-bond donors (Lipinski definition) is 1. The van der Waals surface area contributed by atoms with Gasteiger partial charge in [0, 0.05) is 17.2 Å². The first-order chi connectivity index (χ1) is 12.5. The zero-order valence-corrected chi connectivity index (χ0v) is 15.0. The zero-order valence-electron chi connectivity index (χ0n) is 15.0. The topological polar surface area (TPSA) is 72.5 Å². The minimum absolute atomic E-state index is 0.0875. The van der Waals surface area contributed by atoms with E-state index in [1.165, 1.54) is 12.1 Å². The second-order valence-corrected chi connectivity index (χ2v) is 5.93. The van der Waals surface area contributed by atoms with Crippen LogP contribution in [0.2, 0.25) is 0 Å². The normalized spacial score (nSPS) is 10.4. The van der Waals surface area contributed by atoms with Gasteiger partial charge in [-0.15, -0.1) is 0 Å². The van der Waals surface area contributed by atoms with E-state index in [2.05, 4.69) is 5.32 Å². The highest BCUT2D eigenvalue weighted by atomic mass is 16.5. The molecule has 0 aromatic heterocycles. The van der Waals surface area contributed by atoms with E-state index >= 15 is 0 Å². The number of amides is 1. The number of ketones is 1. The molecule has 0 fully saturated rings. The molecule has 0 heterocycles.